The molecular weight excluding hydrogens is 425 g/mol. The van der Waals surface area contributed by atoms with E-state index in [2.05, 4.69) is 27.1 Å². The van der Waals surface area contributed by atoms with E-state index in [-0.39, 0.29) is 18.2 Å². The van der Waals surface area contributed by atoms with Gasteiger partial charge in [0.1, 0.15) is 5.82 Å². The summed E-state index contributed by atoms with van der Waals surface area (Å²) in [5, 5.41) is 4.96. The lowest BCUT2D eigenvalue weighted by molar-refractivity contribution is 0.226. The highest BCUT2D eigenvalue weighted by Gasteiger charge is 2.29. The SMILES string of the molecule is CCN1CCCC(Nc2nc(C(Cl)(Cl)Cl)nc3cc(Cl)ccc23)C1.Cl. The lowest BCUT2D eigenvalue weighted by atomic mass is 10.1. The van der Waals surface area contributed by atoms with Gasteiger partial charge in [-0.2, -0.15) is 0 Å². The Kier molecular flexibility index (Phi) is 7.28. The molecule has 1 saturated heterocycles. The number of aromatic nitrogens is 2. The number of likely N-dealkylation sites (tertiary alicyclic amines) is 1. The Balaban J connectivity index is 0.00000225. The van der Waals surface area contributed by atoms with Crippen LogP contribution in [0, 0.1) is 0 Å². The van der Waals surface area contributed by atoms with Gasteiger partial charge in [-0.1, -0.05) is 53.3 Å². The smallest absolute Gasteiger partial charge is 0.250 e. The van der Waals surface area contributed by atoms with Crippen LogP contribution in [0.25, 0.3) is 10.9 Å². The van der Waals surface area contributed by atoms with Crippen LogP contribution in [0.1, 0.15) is 25.6 Å². The van der Waals surface area contributed by atoms with E-state index in [9.17, 15) is 0 Å². The number of likely N-dealkylation sites (N-methyl/N-ethyl adjacent to an activating group) is 1. The molecule has 1 aromatic heterocycles. The molecule has 0 spiro atoms. The maximum absolute atomic E-state index is 6.08. The minimum absolute atomic E-state index is 0. The van der Waals surface area contributed by atoms with Crippen LogP contribution in [0.3, 0.4) is 0 Å². The van der Waals surface area contributed by atoms with Crippen molar-refractivity contribution in [1.29, 1.82) is 0 Å². The van der Waals surface area contributed by atoms with Crippen LogP contribution < -0.4 is 5.32 Å². The van der Waals surface area contributed by atoms with E-state index >= 15 is 0 Å². The molecular formula is C16H19Cl5N4. The Hall–Kier alpha value is -0.230. The number of hydrogen-bond donors (Lipinski definition) is 1. The third kappa shape index (κ3) is 5.15. The monoisotopic (exact) mass is 442 g/mol. The van der Waals surface area contributed by atoms with Crippen molar-refractivity contribution >= 4 is 75.5 Å². The maximum Gasteiger partial charge on any atom is 0.250 e. The van der Waals surface area contributed by atoms with Crippen molar-refractivity contribution in [3.05, 3.63) is 29.0 Å². The topological polar surface area (TPSA) is 41.0 Å². The molecule has 1 fully saturated rings. The second-order valence-corrected chi connectivity index (χ2v) is 8.65. The Bertz CT molecular complexity index is 734. The maximum atomic E-state index is 6.08. The molecule has 0 radical (unpaired) electrons. The number of piperidine rings is 1. The molecule has 2 heterocycles. The van der Waals surface area contributed by atoms with Gasteiger partial charge in [-0.25, -0.2) is 9.97 Å². The standard InChI is InChI=1S/C16H18Cl4N4.ClH/c1-2-24-7-3-4-11(9-24)21-14-12-6-5-10(17)8-13(12)22-15(23-14)16(18,19)20;/h5-6,8,11H,2-4,7,9H2,1H3,(H,21,22,23);1H. The van der Waals surface area contributed by atoms with E-state index in [1.165, 1.54) is 0 Å². The average molecular weight is 445 g/mol. The third-order valence-corrected chi connectivity index (χ3v) is 4.95. The van der Waals surface area contributed by atoms with Gasteiger partial charge in [-0.05, 0) is 44.1 Å². The minimum Gasteiger partial charge on any atom is -0.365 e. The van der Waals surface area contributed by atoms with E-state index in [0.717, 1.165) is 37.9 Å². The van der Waals surface area contributed by atoms with Gasteiger partial charge in [0.2, 0.25) is 3.79 Å². The number of halogens is 5. The Morgan fingerprint density at radius 1 is 1.28 bits per heavy atom. The number of anilines is 1. The molecule has 0 saturated carbocycles. The fraction of sp³-hybridized carbons (Fsp3) is 0.500. The van der Waals surface area contributed by atoms with Crippen molar-refractivity contribution < 1.29 is 0 Å². The Morgan fingerprint density at radius 2 is 2.04 bits per heavy atom. The largest absolute Gasteiger partial charge is 0.365 e. The van der Waals surface area contributed by atoms with Crippen LogP contribution in [0.2, 0.25) is 5.02 Å². The number of benzene rings is 1. The molecule has 2 aromatic rings. The van der Waals surface area contributed by atoms with E-state index in [1.54, 1.807) is 6.07 Å². The molecule has 3 rings (SSSR count). The quantitative estimate of drug-likeness (QED) is 0.641. The lowest BCUT2D eigenvalue weighted by Crippen LogP contribution is -2.42. The summed E-state index contributed by atoms with van der Waals surface area (Å²) in [5.41, 5.74) is 0.657. The molecule has 0 aliphatic carbocycles. The van der Waals surface area contributed by atoms with Crippen LogP contribution >= 0.6 is 58.8 Å². The van der Waals surface area contributed by atoms with Crippen molar-refractivity contribution in [2.24, 2.45) is 0 Å². The number of rotatable bonds is 3. The van der Waals surface area contributed by atoms with E-state index in [4.69, 9.17) is 46.4 Å². The molecule has 0 amide bonds. The van der Waals surface area contributed by atoms with Crippen molar-refractivity contribution in [3.8, 4) is 0 Å². The fourth-order valence-corrected chi connectivity index (χ4v) is 3.41. The molecule has 0 bridgehead atoms. The summed E-state index contributed by atoms with van der Waals surface area (Å²) in [6.45, 7) is 5.32. The molecule has 1 aliphatic heterocycles. The zero-order valence-electron chi connectivity index (χ0n) is 13.6. The molecule has 1 aromatic carbocycles. The zero-order chi connectivity index (χ0) is 17.3. The van der Waals surface area contributed by atoms with Crippen molar-refractivity contribution in [3.63, 3.8) is 0 Å². The van der Waals surface area contributed by atoms with Crippen molar-refractivity contribution in [2.45, 2.75) is 29.6 Å². The van der Waals surface area contributed by atoms with Gasteiger partial charge >= 0.3 is 0 Å². The van der Waals surface area contributed by atoms with Gasteiger partial charge in [0, 0.05) is 23.0 Å². The van der Waals surface area contributed by atoms with Gasteiger partial charge in [0.05, 0.1) is 5.52 Å². The van der Waals surface area contributed by atoms with E-state index in [1.807, 2.05) is 12.1 Å². The van der Waals surface area contributed by atoms with Crippen LogP contribution in [0.15, 0.2) is 18.2 Å². The summed E-state index contributed by atoms with van der Waals surface area (Å²) in [6, 6.07) is 5.76. The first-order valence-corrected chi connectivity index (χ1v) is 9.41. The van der Waals surface area contributed by atoms with Crippen molar-refractivity contribution in [2.75, 3.05) is 25.0 Å². The highest BCUT2D eigenvalue weighted by molar-refractivity contribution is 6.66. The predicted molar refractivity (Wildman–Crippen MR) is 110 cm³/mol. The first-order valence-electron chi connectivity index (χ1n) is 7.90. The first-order chi connectivity index (χ1) is 11.4. The van der Waals surface area contributed by atoms with Crippen LogP contribution in [-0.2, 0) is 3.79 Å². The number of nitrogens with one attached hydrogen (secondary N) is 1. The van der Waals surface area contributed by atoms with Crippen LogP contribution in [-0.4, -0.2) is 40.5 Å². The minimum atomic E-state index is -1.69. The predicted octanol–water partition coefficient (Wildman–Crippen LogP) is 5.43. The van der Waals surface area contributed by atoms with Gasteiger partial charge in [-0.15, -0.1) is 12.4 Å². The molecule has 25 heavy (non-hydrogen) atoms. The van der Waals surface area contributed by atoms with Gasteiger partial charge in [-0.3, -0.25) is 0 Å². The summed E-state index contributed by atoms with van der Waals surface area (Å²) >= 11 is 24.1. The third-order valence-electron chi connectivity index (χ3n) is 4.21. The number of nitrogens with zero attached hydrogens (tertiary/aromatic N) is 3. The van der Waals surface area contributed by atoms with Gasteiger partial charge < -0.3 is 10.2 Å². The summed E-state index contributed by atoms with van der Waals surface area (Å²) in [5.74, 6) is 0.828. The second-order valence-electron chi connectivity index (χ2n) is 5.93. The lowest BCUT2D eigenvalue weighted by Gasteiger charge is -2.32. The molecule has 1 unspecified atom stereocenters. The normalized spacial score (nSPS) is 18.8. The first kappa shape index (κ1) is 21.1. The molecule has 1 aliphatic rings. The van der Waals surface area contributed by atoms with Crippen molar-refractivity contribution in [1.82, 2.24) is 14.9 Å². The zero-order valence-corrected chi connectivity index (χ0v) is 17.4. The number of fused-ring (bicyclic) bond motifs is 1. The Labute approximate surface area is 173 Å². The molecule has 1 atom stereocenters. The summed E-state index contributed by atoms with van der Waals surface area (Å²) in [4.78, 5) is 11.2. The average Bonchev–Trinajstić information content (AvgIpc) is 2.53. The molecule has 4 nitrogen and oxygen atoms in total. The summed E-state index contributed by atoms with van der Waals surface area (Å²) in [6.07, 6.45) is 2.23. The molecule has 9 heteroatoms. The van der Waals surface area contributed by atoms with E-state index < -0.39 is 3.79 Å². The summed E-state index contributed by atoms with van der Waals surface area (Å²) in [7, 11) is 0. The number of hydrogen-bond acceptors (Lipinski definition) is 4. The van der Waals surface area contributed by atoms with Gasteiger partial charge in [0.25, 0.3) is 0 Å². The van der Waals surface area contributed by atoms with Crippen LogP contribution in [0.5, 0.6) is 0 Å². The van der Waals surface area contributed by atoms with Crippen LogP contribution in [0.4, 0.5) is 5.82 Å². The fourth-order valence-electron chi connectivity index (χ4n) is 2.99. The highest BCUT2D eigenvalue weighted by Crippen LogP contribution is 2.38. The van der Waals surface area contributed by atoms with Gasteiger partial charge in [0.15, 0.2) is 5.82 Å². The highest BCUT2D eigenvalue weighted by atomic mass is 35.6. The molecule has 1 N–H and O–H groups in total. The molecule has 138 valence electrons. The number of alkyl halides is 3. The summed E-state index contributed by atoms with van der Waals surface area (Å²) < 4.78 is -1.69. The Morgan fingerprint density at radius 3 is 2.72 bits per heavy atom. The second kappa shape index (κ2) is 8.64. The van der Waals surface area contributed by atoms with E-state index in [0.29, 0.717) is 22.4 Å².